The summed E-state index contributed by atoms with van der Waals surface area (Å²) in [6, 6.07) is 13.4. The van der Waals surface area contributed by atoms with Gasteiger partial charge in [0.05, 0.1) is 25.5 Å². The minimum Gasteiger partial charge on any atom is -0.493 e. The lowest BCUT2D eigenvalue weighted by Gasteiger charge is -2.10. The molecule has 2 heterocycles. The quantitative estimate of drug-likeness (QED) is 0.590. The highest BCUT2D eigenvalue weighted by Gasteiger charge is 2.16. The van der Waals surface area contributed by atoms with E-state index in [4.69, 9.17) is 18.9 Å². The van der Waals surface area contributed by atoms with E-state index in [1.165, 1.54) is 11.3 Å². The van der Waals surface area contributed by atoms with Gasteiger partial charge in [0, 0.05) is 16.5 Å². The van der Waals surface area contributed by atoms with Gasteiger partial charge in [0.25, 0.3) is 0 Å². The molecule has 0 saturated carbocycles. The van der Waals surface area contributed by atoms with Crippen molar-refractivity contribution in [1.82, 2.24) is 4.98 Å². The Bertz CT molecular complexity index is 1100. The van der Waals surface area contributed by atoms with Crippen molar-refractivity contribution >= 4 is 23.0 Å². The van der Waals surface area contributed by atoms with Crippen LogP contribution in [0.1, 0.15) is 10.6 Å². The zero-order valence-corrected chi connectivity index (χ0v) is 16.1. The van der Waals surface area contributed by atoms with Gasteiger partial charge in [0.2, 0.25) is 6.79 Å². The van der Waals surface area contributed by atoms with Crippen LogP contribution in [0.5, 0.6) is 23.0 Å². The zero-order chi connectivity index (χ0) is 19.5. The maximum Gasteiger partial charge on any atom is 0.231 e. The second-order valence-electron chi connectivity index (χ2n) is 5.86. The van der Waals surface area contributed by atoms with Crippen molar-refractivity contribution in [3.8, 4) is 40.3 Å². The third-order valence-corrected chi connectivity index (χ3v) is 5.13. The standard InChI is InChI=1S/C21H16N2O4S/c1-24-18-5-3-4-14(20(18)25-2)8-15(10-22)21-23-16(11-28-21)13-6-7-17-19(9-13)27-12-26-17/h3-9,11H,12H2,1-2H3/b15-8+. The van der Waals surface area contributed by atoms with Crippen molar-refractivity contribution in [2.24, 2.45) is 0 Å². The van der Waals surface area contributed by atoms with Crippen LogP contribution in [-0.4, -0.2) is 26.0 Å². The smallest absolute Gasteiger partial charge is 0.231 e. The molecule has 3 aromatic rings. The van der Waals surface area contributed by atoms with Crippen LogP contribution in [-0.2, 0) is 0 Å². The molecule has 2 aromatic carbocycles. The summed E-state index contributed by atoms with van der Waals surface area (Å²) in [6.45, 7) is 0.227. The van der Waals surface area contributed by atoms with Crippen molar-refractivity contribution in [2.45, 2.75) is 0 Å². The number of thiazole rings is 1. The zero-order valence-electron chi connectivity index (χ0n) is 15.3. The van der Waals surface area contributed by atoms with Gasteiger partial charge in [-0.05, 0) is 30.3 Å². The van der Waals surface area contributed by atoms with E-state index in [-0.39, 0.29) is 6.79 Å². The third-order valence-electron chi connectivity index (χ3n) is 4.26. The molecule has 0 bridgehead atoms. The highest BCUT2D eigenvalue weighted by atomic mass is 32.1. The van der Waals surface area contributed by atoms with Crippen LogP contribution in [0, 0.1) is 11.3 Å². The number of nitriles is 1. The molecule has 0 amide bonds. The molecule has 1 aliphatic heterocycles. The predicted octanol–water partition coefficient (Wildman–Crippen LogP) is 4.62. The number of fused-ring (bicyclic) bond motifs is 1. The van der Waals surface area contributed by atoms with Crippen molar-refractivity contribution < 1.29 is 18.9 Å². The Balaban J connectivity index is 1.69. The van der Waals surface area contributed by atoms with Gasteiger partial charge < -0.3 is 18.9 Å². The molecule has 0 N–H and O–H groups in total. The molecule has 4 rings (SSSR count). The second-order valence-corrected chi connectivity index (χ2v) is 6.72. The first kappa shape index (κ1) is 17.9. The average Bonchev–Trinajstić information content (AvgIpc) is 3.40. The van der Waals surface area contributed by atoms with Gasteiger partial charge in [-0.1, -0.05) is 12.1 Å². The van der Waals surface area contributed by atoms with Gasteiger partial charge in [-0.25, -0.2) is 4.98 Å². The lowest BCUT2D eigenvalue weighted by Crippen LogP contribution is -1.93. The largest absolute Gasteiger partial charge is 0.493 e. The molecular weight excluding hydrogens is 376 g/mol. The Labute approximate surface area is 166 Å². The van der Waals surface area contributed by atoms with Crippen molar-refractivity contribution in [3.05, 3.63) is 52.3 Å². The fraction of sp³-hybridized carbons (Fsp3) is 0.143. The van der Waals surface area contributed by atoms with E-state index in [0.717, 1.165) is 22.6 Å². The Kier molecular flexibility index (Phi) is 4.87. The van der Waals surface area contributed by atoms with Gasteiger partial charge in [0.1, 0.15) is 11.1 Å². The highest BCUT2D eigenvalue weighted by Crippen LogP contribution is 2.37. The average molecular weight is 392 g/mol. The number of para-hydroxylation sites is 1. The Morgan fingerprint density at radius 2 is 2.04 bits per heavy atom. The van der Waals surface area contributed by atoms with Crippen molar-refractivity contribution in [2.75, 3.05) is 21.0 Å². The number of hydrogen-bond acceptors (Lipinski definition) is 7. The topological polar surface area (TPSA) is 73.6 Å². The number of aromatic nitrogens is 1. The number of rotatable bonds is 5. The second kappa shape index (κ2) is 7.62. The normalized spacial score (nSPS) is 12.5. The van der Waals surface area contributed by atoms with Gasteiger partial charge in [-0.3, -0.25) is 0 Å². The molecule has 28 heavy (non-hydrogen) atoms. The van der Waals surface area contributed by atoms with Crippen LogP contribution in [0.25, 0.3) is 22.9 Å². The van der Waals surface area contributed by atoms with Crippen LogP contribution in [0.4, 0.5) is 0 Å². The molecule has 0 radical (unpaired) electrons. The number of benzene rings is 2. The number of ether oxygens (including phenoxy) is 4. The van der Waals surface area contributed by atoms with E-state index in [9.17, 15) is 5.26 Å². The Morgan fingerprint density at radius 1 is 1.18 bits per heavy atom. The molecule has 0 atom stereocenters. The molecule has 0 saturated heterocycles. The Morgan fingerprint density at radius 3 is 2.82 bits per heavy atom. The van der Waals surface area contributed by atoms with E-state index in [1.54, 1.807) is 20.3 Å². The first-order valence-corrected chi connectivity index (χ1v) is 9.30. The molecular formula is C21H16N2O4S. The molecule has 0 aliphatic carbocycles. The third kappa shape index (κ3) is 3.26. The maximum absolute atomic E-state index is 9.68. The van der Waals surface area contributed by atoms with Crippen LogP contribution in [0.2, 0.25) is 0 Å². The molecule has 1 aromatic heterocycles. The summed E-state index contributed by atoms with van der Waals surface area (Å²) in [5.74, 6) is 2.60. The van der Waals surface area contributed by atoms with E-state index in [1.807, 2.05) is 41.8 Å². The molecule has 0 fully saturated rings. The summed E-state index contributed by atoms with van der Waals surface area (Å²) in [5, 5.41) is 12.2. The van der Waals surface area contributed by atoms with Gasteiger partial charge in [0.15, 0.2) is 23.0 Å². The molecule has 0 spiro atoms. The minimum atomic E-state index is 0.227. The lowest BCUT2D eigenvalue weighted by atomic mass is 10.1. The number of allylic oxidation sites excluding steroid dienone is 1. The van der Waals surface area contributed by atoms with Crippen LogP contribution < -0.4 is 18.9 Å². The summed E-state index contributed by atoms with van der Waals surface area (Å²) < 4.78 is 21.5. The van der Waals surface area contributed by atoms with Crippen molar-refractivity contribution in [3.63, 3.8) is 0 Å². The minimum absolute atomic E-state index is 0.227. The number of methoxy groups -OCH3 is 2. The summed E-state index contributed by atoms with van der Waals surface area (Å²) >= 11 is 1.41. The van der Waals surface area contributed by atoms with Crippen LogP contribution in [0.15, 0.2) is 41.8 Å². The van der Waals surface area contributed by atoms with Gasteiger partial charge >= 0.3 is 0 Å². The summed E-state index contributed by atoms with van der Waals surface area (Å²) in [4.78, 5) is 4.63. The van der Waals surface area contributed by atoms with E-state index in [0.29, 0.717) is 27.8 Å². The molecule has 140 valence electrons. The van der Waals surface area contributed by atoms with Crippen LogP contribution >= 0.6 is 11.3 Å². The van der Waals surface area contributed by atoms with Crippen molar-refractivity contribution in [1.29, 1.82) is 5.26 Å². The molecule has 6 nitrogen and oxygen atoms in total. The molecule has 1 aliphatic rings. The number of hydrogen-bond donors (Lipinski definition) is 0. The SMILES string of the molecule is COc1cccc(/C=C(\C#N)c2nc(-c3ccc4c(c3)OCO4)cs2)c1OC. The van der Waals surface area contributed by atoms with Gasteiger partial charge in [-0.15, -0.1) is 11.3 Å². The first-order valence-electron chi connectivity index (χ1n) is 8.42. The van der Waals surface area contributed by atoms with E-state index >= 15 is 0 Å². The predicted molar refractivity (Wildman–Crippen MR) is 107 cm³/mol. The fourth-order valence-electron chi connectivity index (χ4n) is 2.91. The first-order chi connectivity index (χ1) is 13.7. The molecule has 0 unspecified atom stereocenters. The monoisotopic (exact) mass is 392 g/mol. The summed E-state index contributed by atoms with van der Waals surface area (Å²) in [7, 11) is 3.15. The summed E-state index contributed by atoms with van der Waals surface area (Å²) in [6.07, 6.45) is 1.75. The van der Waals surface area contributed by atoms with Gasteiger partial charge in [-0.2, -0.15) is 5.26 Å². The maximum atomic E-state index is 9.68. The van der Waals surface area contributed by atoms with E-state index < -0.39 is 0 Å². The lowest BCUT2D eigenvalue weighted by molar-refractivity contribution is 0.174. The molecule has 7 heteroatoms. The van der Waals surface area contributed by atoms with Crippen LogP contribution in [0.3, 0.4) is 0 Å². The highest BCUT2D eigenvalue weighted by molar-refractivity contribution is 7.11. The van der Waals surface area contributed by atoms with E-state index in [2.05, 4.69) is 11.1 Å². The fourth-order valence-corrected chi connectivity index (χ4v) is 3.70. The Hall–Kier alpha value is -3.50. The number of nitrogens with zero attached hydrogens (tertiary/aromatic N) is 2. The summed E-state index contributed by atoms with van der Waals surface area (Å²) in [5.41, 5.74) is 2.88.